The lowest BCUT2D eigenvalue weighted by molar-refractivity contribution is -0.143. The van der Waals surface area contributed by atoms with Gasteiger partial charge in [0.2, 0.25) is 17.7 Å². The zero-order chi connectivity index (χ0) is 15.8. The number of nitrogens with zero attached hydrogens (tertiary/aromatic N) is 3. The number of ether oxygens (including phenoxy) is 1. The number of hydrogen-bond donors (Lipinski definition) is 0. The number of aromatic nitrogens is 2. The molecule has 0 radical (unpaired) electrons. The molecule has 1 aromatic heterocycles. The van der Waals surface area contributed by atoms with Gasteiger partial charge in [-0.05, 0) is 18.3 Å². The maximum absolute atomic E-state index is 13.0. The standard InChI is InChI=1S/C17H25N3O3/c1-11-18-19-16(23-11)15-10-22-8-7-20(15)17(21)14-9-13(14)12-5-3-2-4-6-12/h12-15H,2-10H2,1H3/t13-,14+,15-/m0/s1. The van der Waals surface area contributed by atoms with Gasteiger partial charge in [-0.15, -0.1) is 10.2 Å². The van der Waals surface area contributed by atoms with E-state index in [1.54, 1.807) is 6.92 Å². The zero-order valence-corrected chi connectivity index (χ0v) is 13.7. The lowest BCUT2D eigenvalue weighted by atomic mass is 9.85. The van der Waals surface area contributed by atoms with Crippen LogP contribution >= 0.6 is 0 Å². The molecule has 3 atom stereocenters. The molecule has 2 aliphatic carbocycles. The van der Waals surface area contributed by atoms with Crippen molar-refractivity contribution in [3.8, 4) is 0 Å². The van der Waals surface area contributed by atoms with Crippen LogP contribution in [0.25, 0.3) is 0 Å². The van der Waals surface area contributed by atoms with Crippen LogP contribution in [0.3, 0.4) is 0 Å². The van der Waals surface area contributed by atoms with Crippen molar-refractivity contribution in [3.05, 3.63) is 11.8 Å². The van der Waals surface area contributed by atoms with Gasteiger partial charge in [0, 0.05) is 19.4 Å². The first-order valence-corrected chi connectivity index (χ1v) is 8.92. The summed E-state index contributed by atoms with van der Waals surface area (Å²) in [5, 5.41) is 7.99. The summed E-state index contributed by atoms with van der Waals surface area (Å²) < 4.78 is 11.1. The van der Waals surface area contributed by atoms with E-state index in [-0.39, 0.29) is 17.9 Å². The first kappa shape index (κ1) is 15.1. The molecule has 0 N–H and O–H groups in total. The maximum atomic E-state index is 13.0. The molecule has 4 rings (SSSR count). The van der Waals surface area contributed by atoms with E-state index in [4.69, 9.17) is 9.15 Å². The Morgan fingerprint density at radius 2 is 2.04 bits per heavy atom. The van der Waals surface area contributed by atoms with Gasteiger partial charge < -0.3 is 14.1 Å². The van der Waals surface area contributed by atoms with Gasteiger partial charge >= 0.3 is 0 Å². The van der Waals surface area contributed by atoms with Gasteiger partial charge in [0.1, 0.15) is 6.04 Å². The van der Waals surface area contributed by atoms with Crippen molar-refractivity contribution in [1.29, 1.82) is 0 Å². The lowest BCUT2D eigenvalue weighted by Crippen LogP contribution is -2.44. The smallest absolute Gasteiger partial charge is 0.241 e. The van der Waals surface area contributed by atoms with Crippen LogP contribution in [-0.4, -0.2) is 40.8 Å². The van der Waals surface area contributed by atoms with Crippen molar-refractivity contribution in [2.75, 3.05) is 19.8 Å². The molecule has 23 heavy (non-hydrogen) atoms. The van der Waals surface area contributed by atoms with Crippen LogP contribution < -0.4 is 0 Å². The van der Waals surface area contributed by atoms with E-state index in [1.165, 1.54) is 32.1 Å². The van der Waals surface area contributed by atoms with E-state index in [0.29, 0.717) is 37.5 Å². The predicted molar refractivity (Wildman–Crippen MR) is 82.5 cm³/mol. The van der Waals surface area contributed by atoms with Crippen LogP contribution in [0.5, 0.6) is 0 Å². The second-order valence-electron chi connectivity index (χ2n) is 7.19. The fourth-order valence-electron chi connectivity index (χ4n) is 4.31. The van der Waals surface area contributed by atoms with Gasteiger partial charge in [-0.2, -0.15) is 0 Å². The molecule has 1 aliphatic heterocycles. The van der Waals surface area contributed by atoms with E-state index in [1.807, 2.05) is 4.90 Å². The Labute approximate surface area is 136 Å². The van der Waals surface area contributed by atoms with Crippen LogP contribution in [0.2, 0.25) is 0 Å². The van der Waals surface area contributed by atoms with E-state index in [2.05, 4.69) is 10.2 Å². The summed E-state index contributed by atoms with van der Waals surface area (Å²) in [6, 6.07) is -0.218. The first-order valence-electron chi connectivity index (χ1n) is 8.92. The number of carbonyl (C=O) groups is 1. The summed E-state index contributed by atoms with van der Waals surface area (Å²) in [5.74, 6) is 2.89. The SMILES string of the molecule is Cc1nnc([C@@H]2COCCN2C(=O)[C@@H]2C[C@H]2C2CCCCC2)o1. The highest BCUT2D eigenvalue weighted by Gasteiger charge is 2.50. The molecule has 0 aromatic carbocycles. The van der Waals surface area contributed by atoms with Gasteiger partial charge in [0.25, 0.3) is 0 Å². The first-order chi connectivity index (χ1) is 11.2. The predicted octanol–water partition coefficient (Wildman–Crippen LogP) is 2.49. The third-order valence-electron chi connectivity index (χ3n) is 5.65. The molecule has 0 spiro atoms. The Hall–Kier alpha value is -1.43. The van der Waals surface area contributed by atoms with E-state index < -0.39 is 0 Å². The largest absolute Gasteiger partial charge is 0.423 e. The molecule has 3 fully saturated rings. The number of amides is 1. The zero-order valence-electron chi connectivity index (χ0n) is 13.7. The summed E-state index contributed by atoms with van der Waals surface area (Å²) in [7, 11) is 0. The number of aryl methyl sites for hydroxylation is 1. The summed E-state index contributed by atoms with van der Waals surface area (Å²) in [6.45, 7) is 3.44. The Kier molecular flexibility index (Phi) is 4.09. The lowest BCUT2D eigenvalue weighted by Gasteiger charge is -2.34. The van der Waals surface area contributed by atoms with Crippen LogP contribution in [0, 0.1) is 24.7 Å². The second-order valence-corrected chi connectivity index (χ2v) is 7.19. The van der Waals surface area contributed by atoms with Gasteiger partial charge in [-0.3, -0.25) is 4.79 Å². The van der Waals surface area contributed by atoms with E-state index in [0.717, 1.165) is 12.3 Å². The van der Waals surface area contributed by atoms with Crippen molar-refractivity contribution in [1.82, 2.24) is 15.1 Å². The number of morpholine rings is 1. The fourth-order valence-corrected chi connectivity index (χ4v) is 4.31. The molecule has 1 saturated heterocycles. The Balaban J connectivity index is 1.44. The van der Waals surface area contributed by atoms with Crippen molar-refractivity contribution in [2.45, 2.75) is 51.5 Å². The molecule has 1 amide bonds. The van der Waals surface area contributed by atoms with Gasteiger partial charge in [-0.25, -0.2) is 0 Å². The van der Waals surface area contributed by atoms with Crippen LogP contribution in [0.15, 0.2) is 4.42 Å². The quantitative estimate of drug-likeness (QED) is 0.856. The van der Waals surface area contributed by atoms with Crippen molar-refractivity contribution >= 4 is 5.91 Å². The molecule has 6 nitrogen and oxygen atoms in total. The molecule has 2 saturated carbocycles. The van der Waals surface area contributed by atoms with Crippen LogP contribution in [0.1, 0.15) is 56.3 Å². The summed E-state index contributed by atoms with van der Waals surface area (Å²) in [5.41, 5.74) is 0. The minimum Gasteiger partial charge on any atom is -0.423 e. The van der Waals surface area contributed by atoms with Gasteiger partial charge in [0.15, 0.2) is 0 Å². The Morgan fingerprint density at radius 3 is 2.78 bits per heavy atom. The van der Waals surface area contributed by atoms with Crippen LogP contribution in [-0.2, 0) is 9.53 Å². The number of carbonyl (C=O) groups excluding carboxylic acids is 1. The molecule has 0 bridgehead atoms. The molecule has 2 heterocycles. The molecular formula is C17H25N3O3. The second kappa shape index (κ2) is 6.23. The average molecular weight is 319 g/mol. The minimum atomic E-state index is -0.218. The third kappa shape index (κ3) is 3.01. The topological polar surface area (TPSA) is 68.5 Å². The monoisotopic (exact) mass is 319 g/mol. The molecule has 6 heteroatoms. The highest BCUT2D eigenvalue weighted by molar-refractivity contribution is 5.82. The Morgan fingerprint density at radius 1 is 1.22 bits per heavy atom. The van der Waals surface area contributed by atoms with Gasteiger partial charge in [0.05, 0.1) is 13.2 Å². The summed E-state index contributed by atoms with van der Waals surface area (Å²) in [6.07, 6.45) is 7.72. The highest BCUT2D eigenvalue weighted by atomic mass is 16.5. The normalized spacial score (nSPS) is 32.0. The van der Waals surface area contributed by atoms with E-state index in [9.17, 15) is 4.79 Å². The molecule has 3 aliphatic rings. The number of hydrogen-bond acceptors (Lipinski definition) is 5. The average Bonchev–Trinajstić information content (AvgIpc) is 3.29. The fraction of sp³-hybridized carbons (Fsp3) is 0.824. The Bertz CT molecular complexity index is 567. The molecule has 126 valence electrons. The van der Waals surface area contributed by atoms with Crippen molar-refractivity contribution in [3.63, 3.8) is 0 Å². The maximum Gasteiger partial charge on any atom is 0.241 e. The van der Waals surface area contributed by atoms with Crippen LogP contribution in [0.4, 0.5) is 0 Å². The molecule has 0 unspecified atom stereocenters. The number of rotatable bonds is 3. The molecule has 1 aromatic rings. The summed E-state index contributed by atoms with van der Waals surface area (Å²) >= 11 is 0. The molecular weight excluding hydrogens is 294 g/mol. The van der Waals surface area contributed by atoms with E-state index >= 15 is 0 Å². The third-order valence-corrected chi connectivity index (χ3v) is 5.65. The summed E-state index contributed by atoms with van der Waals surface area (Å²) in [4.78, 5) is 14.9. The highest BCUT2D eigenvalue weighted by Crippen LogP contribution is 2.50. The van der Waals surface area contributed by atoms with Crippen molar-refractivity contribution in [2.24, 2.45) is 17.8 Å². The van der Waals surface area contributed by atoms with Gasteiger partial charge in [-0.1, -0.05) is 32.1 Å². The minimum absolute atomic E-state index is 0.211. The van der Waals surface area contributed by atoms with Crippen molar-refractivity contribution < 1.29 is 13.9 Å².